The third-order valence-electron chi connectivity index (χ3n) is 4.48. The highest BCUT2D eigenvalue weighted by Gasteiger charge is 2.25. The molecule has 0 aromatic carbocycles. The Morgan fingerprint density at radius 2 is 1.90 bits per heavy atom. The van der Waals surface area contributed by atoms with Crippen molar-refractivity contribution in [3.8, 4) is 6.07 Å². The van der Waals surface area contributed by atoms with Gasteiger partial charge in [0.25, 0.3) is 0 Å². The van der Waals surface area contributed by atoms with Gasteiger partial charge in [0, 0.05) is 6.54 Å². The van der Waals surface area contributed by atoms with Crippen LogP contribution in [0.4, 0.5) is 11.6 Å². The van der Waals surface area contributed by atoms with Gasteiger partial charge >= 0.3 is 0 Å². The number of nitrogens with one attached hydrogen (secondary N) is 1. The van der Waals surface area contributed by atoms with E-state index in [9.17, 15) is 5.26 Å². The lowest BCUT2D eigenvalue weighted by Crippen LogP contribution is -2.13. The number of nitrogens with two attached hydrogens (primary N) is 1. The van der Waals surface area contributed by atoms with Crippen molar-refractivity contribution in [2.75, 3.05) is 17.6 Å². The Balaban J connectivity index is 1.80. The minimum Gasteiger partial charge on any atom is -0.383 e. The minimum atomic E-state index is 0.362. The van der Waals surface area contributed by atoms with E-state index in [1.165, 1.54) is 38.5 Å². The number of nitrogens with zero attached hydrogens (tertiary/aromatic N) is 3. The fraction of sp³-hybridized carbons (Fsp3) is 0.733. The Hall–Kier alpha value is -1.70. The molecule has 0 saturated heterocycles. The van der Waals surface area contributed by atoms with Gasteiger partial charge < -0.3 is 11.1 Å². The van der Waals surface area contributed by atoms with Crippen LogP contribution in [-0.2, 0) is 0 Å². The van der Waals surface area contributed by atoms with Gasteiger partial charge in [0.2, 0.25) is 0 Å². The van der Waals surface area contributed by atoms with Gasteiger partial charge in [-0.3, -0.25) is 0 Å². The van der Waals surface area contributed by atoms with Gasteiger partial charge in [-0.15, -0.1) is 0 Å². The number of nitriles is 1. The van der Waals surface area contributed by atoms with Crippen LogP contribution in [-0.4, -0.2) is 16.3 Å². The molecule has 0 unspecified atom stereocenters. The van der Waals surface area contributed by atoms with Crippen LogP contribution in [0, 0.1) is 17.2 Å². The fourth-order valence-electron chi connectivity index (χ4n) is 3.03. The molecule has 1 heterocycles. The van der Waals surface area contributed by atoms with E-state index in [-0.39, 0.29) is 0 Å². The van der Waals surface area contributed by atoms with Gasteiger partial charge in [0.1, 0.15) is 17.5 Å². The van der Waals surface area contributed by atoms with E-state index in [0.29, 0.717) is 23.2 Å². The van der Waals surface area contributed by atoms with Gasteiger partial charge in [0.05, 0.1) is 6.04 Å². The topological polar surface area (TPSA) is 79.7 Å². The Labute approximate surface area is 120 Å². The van der Waals surface area contributed by atoms with E-state index in [1.54, 1.807) is 0 Å². The summed E-state index contributed by atoms with van der Waals surface area (Å²) in [6.45, 7) is 0.913. The standard InChI is InChI=1S/C15H23N5/c16-9-13-14(17)20(12-5-3-1-2-4-6-12)19-15(13)18-10-11-7-8-11/h11-12H,1-8,10,17H2,(H,18,19). The van der Waals surface area contributed by atoms with Crippen molar-refractivity contribution >= 4 is 11.6 Å². The molecule has 5 nitrogen and oxygen atoms in total. The zero-order valence-corrected chi connectivity index (χ0v) is 11.9. The van der Waals surface area contributed by atoms with Crippen LogP contribution >= 0.6 is 0 Å². The Kier molecular flexibility index (Phi) is 3.81. The highest BCUT2D eigenvalue weighted by Crippen LogP contribution is 2.33. The highest BCUT2D eigenvalue weighted by molar-refractivity contribution is 5.64. The largest absolute Gasteiger partial charge is 0.383 e. The van der Waals surface area contributed by atoms with Crippen LogP contribution < -0.4 is 11.1 Å². The van der Waals surface area contributed by atoms with Crippen molar-refractivity contribution in [1.29, 1.82) is 5.26 Å². The SMILES string of the molecule is N#Cc1c(NCC2CC2)nn(C2CCCCCC2)c1N. The summed E-state index contributed by atoms with van der Waals surface area (Å²) in [4.78, 5) is 0. The van der Waals surface area contributed by atoms with E-state index >= 15 is 0 Å². The van der Waals surface area contributed by atoms with E-state index in [2.05, 4.69) is 16.5 Å². The van der Waals surface area contributed by atoms with Crippen molar-refractivity contribution in [2.45, 2.75) is 57.4 Å². The van der Waals surface area contributed by atoms with Gasteiger partial charge in [-0.2, -0.15) is 10.4 Å². The molecule has 2 aliphatic carbocycles. The average Bonchev–Trinajstić information content (AvgIpc) is 3.25. The third kappa shape index (κ3) is 2.74. The molecule has 1 aromatic heterocycles. The van der Waals surface area contributed by atoms with E-state index < -0.39 is 0 Å². The molecule has 1 aromatic rings. The van der Waals surface area contributed by atoms with Crippen molar-refractivity contribution in [2.24, 2.45) is 5.92 Å². The number of rotatable bonds is 4. The molecule has 0 aliphatic heterocycles. The quantitative estimate of drug-likeness (QED) is 0.826. The van der Waals surface area contributed by atoms with Crippen LogP contribution in [0.3, 0.4) is 0 Å². The maximum Gasteiger partial charge on any atom is 0.168 e. The molecule has 0 radical (unpaired) electrons. The summed E-state index contributed by atoms with van der Waals surface area (Å²) in [5, 5.41) is 17.2. The molecule has 20 heavy (non-hydrogen) atoms. The normalized spacial score (nSPS) is 20.4. The van der Waals surface area contributed by atoms with Gasteiger partial charge in [-0.1, -0.05) is 25.7 Å². The molecule has 108 valence electrons. The number of hydrogen-bond acceptors (Lipinski definition) is 4. The molecule has 3 rings (SSSR count). The van der Waals surface area contributed by atoms with E-state index in [0.717, 1.165) is 25.3 Å². The number of nitrogen functional groups attached to an aromatic ring is 1. The first-order chi connectivity index (χ1) is 9.79. The van der Waals surface area contributed by atoms with Gasteiger partial charge in [-0.25, -0.2) is 4.68 Å². The van der Waals surface area contributed by atoms with E-state index in [4.69, 9.17) is 5.73 Å². The van der Waals surface area contributed by atoms with Gasteiger partial charge in [-0.05, 0) is 31.6 Å². The van der Waals surface area contributed by atoms with Crippen molar-refractivity contribution in [3.05, 3.63) is 5.56 Å². The second kappa shape index (κ2) is 5.74. The van der Waals surface area contributed by atoms with Crippen LogP contribution in [0.1, 0.15) is 63.0 Å². The highest BCUT2D eigenvalue weighted by atomic mass is 15.4. The molecule has 2 saturated carbocycles. The lowest BCUT2D eigenvalue weighted by Gasteiger charge is -2.16. The summed E-state index contributed by atoms with van der Waals surface area (Å²) >= 11 is 0. The van der Waals surface area contributed by atoms with Crippen molar-refractivity contribution in [1.82, 2.24) is 9.78 Å². The number of aromatic nitrogens is 2. The lowest BCUT2D eigenvalue weighted by atomic mass is 10.1. The zero-order valence-electron chi connectivity index (χ0n) is 11.9. The first-order valence-corrected chi connectivity index (χ1v) is 7.81. The third-order valence-corrected chi connectivity index (χ3v) is 4.48. The molecule has 0 atom stereocenters. The lowest BCUT2D eigenvalue weighted by molar-refractivity contribution is 0.412. The smallest absolute Gasteiger partial charge is 0.168 e. The summed E-state index contributed by atoms with van der Waals surface area (Å²) < 4.78 is 1.90. The zero-order chi connectivity index (χ0) is 13.9. The number of anilines is 2. The molecular formula is C15H23N5. The van der Waals surface area contributed by atoms with Crippen LogP contribution in [0.25, 0.3) is 0 Å². The molecular weight excluding hydrogens is 250 g/mol. The van der Waals surface area contributed by atoms with Crippen LogP contribution in [0.15, 0.2) is 0 Å². The van der Waals surface area contributed by atoms with Crippen molar-refractivity contribution < 1.29 is 0 Å². The summed E-state index contributed by atoms with van der Waals surface area (Å²) in [5.74, 6) is 1.98. The molecule has 0 amide bonds. The Morgan fingerprint density at radius 1 is 1.20 bits per heavy atom. The molecule has 3 N–H and O–H groups in total. The van der Waals surface area contributed by atoms with Crippen molar-refractivity contribution in [3.63, 3.8) is 0 Å². The molecule has 2 aliphatic rings. The first kappa shape index (κ1) is 13.3. The molecule has 0 bridgehead atoms. The predicted octanol–water partition coefficient (Wildman–Crippen LogP) is 3.05. The maximum absolute atomic E-state index is 9.32. The summed E-state index contributed by atoms with van der Waals surface area (Å²) in [7, 11) is 0. The van der Waals surface area contributed by atoms with Crippen LogP contribution in [0.2, 0.25) is 0 Å². The second-order valence-electron chi connectivity index (χ2n) is 6.13. The van der Waals surface area contributed by atoms with Crippen LogP contribution in [0.5, 0.6) is 0 Å². The fourth-order valence-corrected chi connectivity index (χ4v) is 3.03. The minimum absolute atomic E-state index is 0.362. The Bertz CT molecular complexity index is 501. The molecule has 5 heteroatoms. The second-order valence-corrected chi connectivity index (χ2v) is 6.13. The predicted molar refractivity (Wildman–Crippen MR) is 79.3 cm³/mol. The monoisotopic (exact) mass is 273 g/mol. The van der Waals surface area contributed by atoms with E-state index in [1.807, 2.05) is 4.68 Å². The summed E-state index contributed by atoms with van der Waals surface area (Å²) in [6.07, 6.45) is 9.89. The Morgan fingerprint density at radius 3 is 2.50 bits per heavy atom. The first-order valence-electron chi connectivity index (χ1n) is 7.81. The average molecular weight is 273 g/mol. The maximum atomic E-state index is 9.32. The van der Waals surface area contributed by atoms with Gasteiger partial charge in [0.15, 0.2) is 5.82 Å². The number of hydrogen-bond donors (Lipinski definition) is 2. The summed E-state index contributed by atoms with van der Waals surface area (Å²) in [6, 6.07) is 2.57. The molecule has 2 fully saturated rings. The molecule has 0 spiro atoms. The summed E-state index contributed by atoms with van der Waals surface area (Å²) in [5.41, 5.74) is 6.68.